The molecule has 0 spiro atoms. The van der Waals surface area contributed by atoms with Crippen molar-refractivity contribution in [1.29, 1.82) is 0 Å². The lowest BCUT2D eigenvalue weighted by Crippen LogP contribution is -2.30. The Bertz CT molecular complexity index is 1320. The fourth-order valence-corrected chi connectivity index (χ4v) is 4.71. The van der Waals surface area contributed by atoms with Crippen molar-refractivity contribution in [3.8, 4) is 5.75 Å². The van der Waals surface area contributed by atoms with Gasteiger partial charge in [0, 0.05) is 6.20 Å². The fraction of sp³-hybridized carbons (Fsp3) is 0.182. The second-order valence-electron chi connectivity index (χ2n) is 6.91. The van der Waals surface area contributed by atoms with Crippen LogP contribution in [0.1, 0.15) is 18.3 Å². The molecule has 160 valence electrons. The number of nitrogens with zero attached hydrogens (tertiary/aromatic N) is 4. The van der Waals surface area contributed by atoms with Crippen LogP contribution >= 0.6 is 0 Å². The van der Waals surface area contributed by atoms with E-state index in [-0.39, 0.29) is 11.4 Å². The first-order valence-corrected chi connectivity index (χ1v) is 11.1. The van der Waals surface area contributed by atoms with Gasteiger partial charge in [0.1, 0.15) is 22.3 Å². The van der Waals surface area contributed by atoms with Gasteiger partial charge in [-0.15, -0.1) is 10.2 Å². The maximum atomic E-state index is 13.8. The van der Waals surface area contributed by atoms with Crippen LogP contribution in [0.15, 0.2) is 71.8 Å². The molecule has 0 N–H and O–H groups in total. The zero-order chi connectivity index (χ0) is 22.0. The predicted molar refractivity (Wildman–Crippen MR) is 115 cm³/mol. The number of anilines is 1. The van der Waals surface area contributed by atoms with Crippen molar-refractivity contribution in [3.05, 3.63) is 84.1 Å². The number of sulfonamides is 1. The van der Waals surface area contributed by atoms with Crippen LogP contribution in [0.25, 0.3) is 5.65 Å². The lowest BCUT2D eigenvalue weighted by molar-refractivity contribution is 0.340. The Balaban J connectivity index is 1.80. The molecule has 2 heterocycles. The molecule has 0 bridgehead atoms. The highest BCUT2D eigenvalue weighted by molar-refractivity contribution is 7.92. The Morgan fingerprint density at radius 3 is 2.55 bits per heavy atom. The molecule has 0 fully saturated rings. The van der Waals surface area contributed by atoms with Gasteiger partial charge >= 0.3 is 0 Å². The summed E-state index contributed by atoms with van der Waals surface area (Å²) in [6.07, 6.45) is 1.49. The number of hydrogen-bond acceptors (Lipinski definition) is 5. The third-order valence-corrected chi connectivity index (χ3v) is 6.54. The van der Waals surface area contributed by atoms with Gasteiger partial charge in [-0.05, 0) is 67.9 Å². The van der Waals surface area contributed by atoms with E-state index < -0.39 is 15.8 Å². The second kappa shape index (κ2) is 8.35. The largest absolute Gasteiger partial charge is 0.494 e. The topological polar surface area (TPSA) is 76.8 Å². The second-order valence-corrected chi connectivity index (χ2v) is 8.77. The minimum atomic E-state index is -3.98. The number of fused-ring (bicyclic) bond motifs is 1. The number of rotatable bonds is 7. The fourth-order valence-electron chi connectivity index (χ4n) is 3.26. The van der Waals surface area contributed by atoms with E-state index >= 15 is 0 Å². The van der Waals surface area contributed by atoms with Crippen molar-refractivity contribution in [2.45, 2.75) is 25.3 Å². The minimum absolute atomic E-state index is 0.0345. The van der Waals surface area contributed by atoms with Crippen molar-refractivity contribution < 1.29 is 17.5 Å². The molecule has 0 saturated carbocycles. The maximum absolute atomic E-state index is 13.8. The van der Waals surface area contributed by atoms with Gasteiger partial charge in [-0.1, -0.05) is 12.1 Å². The Kier molecular flexibility index (Phi) is 5.60. The predicted octanol–water partition coefficient (Wildman–Crippen LogP) is 3.97. The van der Waals surface area contributed by atoms with Gasteiger partial charge < -0.3 is 4.74 Å². The summed E-state index contributed by atoms with van der Waals surface area (Å²) in [6, 6.07) is 15.7. The average Bonchev–Trinajstić information content (AvgIpc) is 3.13. The molecule has 2 aromatic carbocycles. The molecular weight excluding hydrogens is 419 g/mol. The van der Waals surface area contributed by atoms with Crippen LogP contribution in [0.2, 0.25) is 0 Å². The van der Waals surface area contributed by atoms with Gasteiger partial charge in [0.15, 0.2) is 5.65 Å². The number of ether oxygens (including phenoxy) is 1. The Hall–Kier alpha value is -3.46. The molecular formula is C22H21FN4O3S. The van der Waals surface area contributed by atoms with Crippen LogP contribution in [0.5, 0.6) is 5.75 Å². The van der Waals surface area contributed by atoms with Crippen molar-refractivity contribution in [3.63, 3.8) is 0 Å². The number of aromatic nitrogens is 3. The number of halogens is 1. The summed E-state index contributed by atoms with van der Waals surface area (Å²) in [4.78, 5) is 0.0770. The van der Waals surface area contributed by atoms with E-state index in [4.69, 9.17) is 4.74 Å². The summed E-state index contributed by atoms with van der Waals surface area (Å²) in [5.74, 6) is 0.781. The maximum Gasteiger partial charge on any atom is 0.266 e. The van der Waals surface area contributed by atoms with Crippen LogP contribution in [0.4, 0.5) is 10.1 Å². The Morgan fingerprint density at radius 2 is 1.84 bits per heavy atom. The number of hydrogen-bond donors (Lipinski definition) is 0. The van der Waals surface area contributed by atoms with Gasteiger partial charge in [-0.2, -0.15) is 0 Å². The molecule has 0 aliphatic heterocycles. The van der Waals surface area contributed by atoms with Crippen LogP contribution in [0, 0.1) is 12.7 Å². The van der Waals surface area contributed by atoms with Crippen LogP contribution in [-0.4, -0.2) is 29.6 Å². The molecule has 9 heteroatoms. The molecule has 0 aliphatic carbocycles. The van der Waals surface area contributed by atoms with Crippen molar-refractivity contribution in [1.82, 2.24) is 14.6 Å². The number of pyridine rings is 1. The summed E-state index contributed by atoms with van der Waals surface area (Å²) < 4.78 is 49.4. The average molecular weight is 441 g/mol. The van der Waals surface area contributed by atoms with Crippen molar-refractivity contribution in [2.75, 3.05) is 10.9 Å². The normalized spacial score (nSPS) is 11.6. The van der Waals surface area contributed by atoms with E-state index in [0.717, 1.165) is 0 Å². The number of aryl methyl sites for hydroxylation is 1. The molecule has 4 rings (SSSR count). The quantitative estimate of drug-likeness (QED) is 0.435. The van der Waals surface area contributed by atoms with Crippen LogP contribution in [-0.2, 0) is 16.6 Å². The van der Waals surface area contributed by atoms with E-state index in [9.17, 15) is 12.8 Å². The molecule has 0 atom stereocenters. The summed E-state index contributed by atoms with van der Waals surface area (Å²) in [6.45, 7) is 4.08. The molecule has 0 saturated heterocycles. The Labute approximate surface area is 179 Å². The molecule has 31 heavy (non-hydrogen) atoms. The smallest absolute Gasteiger partial charge is 0.266 e. The van der Waals surface area contributed by atoms with Gasteiger partial charge in [0.25, 0.3) is 10.0 Å². The first kappa shape index (κ1) is 20.8. The summed E-state index contributed by atoms with van der Waals surface area (Å²) in [5.41, 5.74) is 1.52. The summed E-state index contributed by atoms with van der Waals surface area (Å²) in [5, 5.41) is 7.97. The lowest BCUT2D eigenvalue weighted by atomic mass is 10.2. The van der Waals surface area contributed by atoms with Crippen molar-refractivity contribution in [2.24, 2.45) is 0 Å². The van der Waals surface area contributed by atoms with Gasteiger partial charge in [-0.25, -0.2) is 12.8 Å². The van der Waals surface area contributed by atoms with Crippen LogP contribution in [0.3, 0.4) is 0 Å². The van der Waals surface area contributed by atoms with Gasteiger partial charge in [0.05, 0.1) is 18.8 Å². The highest BCUT2D eigenvalue weighted by atomic mass is 32.2. The highest BCUT2D eigenvalue weighted by Gasteiger charge is 2.26. The Morgan fingerprint density at radius 1 is 1.06 bits per heavy atom. The summed E-state index contributed by atoms with van der Waals surface area (Å²) in [7, 11) is -3.98. The first-order valence-electron chi connectivity index (χ1n) is 9.70. The van der Waals surface area contributed by atoms with E-state index in [1.807, 2.05) is 6.92 Å². The van der Waals surface area contributed by atoms with Crippen molar-refractivity contribution >= 4 is 21.4 Å². The molecule has 0 amide bonds. The summed E-state index contributed by atoms with van der Waals surface area (Å²) >= 11 is 0. The zero-order valence-corrected chi connectivity index (χ0v) is 17.9. The van der Waals surface area contributed by atoms with Crippen LogP contribution < -0.4 is 9.04 Å². The first-order chi connectivity index (χ1) is 14.9. The van der Waals surface area contributed by atoms with E-state index in [1.165, 1.54) is 28.7 Å². The van der Waals surface area contributed by atoms with E-state index in [1.54, 1.807) is 53.8 Å². The molecule has 2 aromatic heterocycles. The van der Waals surface area contributed by atoms with Gasteiger partial charge in [-0.3, -0.25) is 8.71 Å². The van der Waals surface area contributed by atoms with Gasteiger partial charge in [0.2, 0.25) is 0 Å². The standard InChI is InChI=1S/C22H21FN4O3S/c1-3-30-20-9-7-19(8-10-20)27(14-17-5-4-6-18(23)13-17)31(28,29)21-11-12-22-25-24-16(2)26(22)15-21/h4-13,15H,3,14H2,1-2H3. The molecule has 4 aromatic rings. The van der Waals surface area contributed by atoms with E-state index in [0.29, 0.717) is 35.1 Å². The minimum Gasteiger partial charge on any atom is -0.494 e. The third kappa shape index (κ3) is 4.22. The highest BCUT2D eigenvalue weighted by Crippen LogP contribution is 2.28. The SMILES string of the molecule is CCOc1ccc(N(Cc2cccc(F)c2)S(=O)(=O)c2ccc3nnc(C)n3c2)cc1. The van der Waals surface area contributed by atoms with E-state index in [2.05, 4.69) is 10.2 Å². The zero-order valence-electron chi connectivity index (χ0n) is 17.1. The lowest BCUT2D eigenvalue weighted by Gasteiger charge is -2.25. The molecule has 0 unspecified atom stereocenters. The molecule has 0 radical (unpaired) electrons. The number of benzene rings is 2. The monoisotopic (exact) mass is 440 g/mol. The molecule has 7 nitrogen and oxygen atoms in total. The molecule has 0 aliphatic rings. The third-order valence-electron chi connectivity index (χ3n) is 4.78.